The van der Waals surface area contributed by atoms with E-state index in [4.69, 9.17) is 0 Å². The summed E-state index contributed by atoms with van der Waals surface area (Å²) in [7, 11) is 0. The minimum Gasteiger partial charge on any atom is -0.341 e. The lowest BCUT2D eigenvalue weighted by atomic mass is 9.90. The first-order valence-electron chi connectivity index (χ1n) is 8.82. The van der Waals surface area contributed by atoms with Crippen LogP contribution < -0.4 is 0 Å². The second kappa shape index (κ2) is 6.00. The van der Waals surface area contributed by atoms with Gasteiger partial charge in [-0.25, -0.2) is 0 Å². The summed E-state index contributed by atoms with van der Waals surface area (Å²) in [4.78, 5) is 24.2. The number of aromatic nitrogens is 2. The number of likely N-dealkylation sites (tertiary alicyclic amines) is 1. The van der Waals surface area contributed by atoms with Crippen LogP contribution in [-0.2, 0) is 10.2 Å². The molecule has 1 saturated carbocycles. The Morgan fingerprint density at radius 3 is 2.71 bits per heavy atom. The van der Waals surface area contributed by atoms with E-state index < -0.39 is 0 Å². The largest absolute Gasteiger partial charge is 0.341 e. The summed E-state index contributed by atoms with van der Waals surface area (Å²) in [5.41, 5.74) is 2.88. The molecule has 0 bridgehead atoms. The predicted octanol–water partition coefficient (Wildman–Crippen LogP) is 3.22. The van der Waals surface area contributed by atoms with Gasteiger partial charge in [-0.05, 0) is 38.2 Å². The van der Waals surface area contributed by atoms with Gasteiger partial charge in [0, 0.05) is 31.4 Å². The van der Waals surface area contributed by atoms with Crippen molar-refractivity contribution < 1.29 is 4.79 Å². The fraction of sp³-hybridized carbons (Fsp3) is 0.450. The molecule has 1 aromatic heterocycles. The monoisotopic (exact) mass is 321 g/mol. The summed E-state index contributed by atoms with van der Waals surface area (Å²) in [6.07, 6.45) is 7.71. The first-order chi connectivity index (χ1) is 11.7. The minimum absolute atomic E-state index is 0.262. The van der Waals surface area contributed by atoms with Crippen molar-refractivity contribution in [1.29, 1.82) is 0 Å². The molecule has 4 nitrogen and oxygen atoms in total. The maximum atomic E-state index is 13.2. The van der Waals surface area contributed by atoms with Gasteiger partial charge in [-0.15, -0.1) is 0 Å². The fourth-order valence-corrected chi connectivity index (χ4v) is 3.89. The number of amides is 1. The molecule has 2 heterocycles. The lowest BCUT2D eigenvalue weighted by molar-refractivity contribution is -0.135. The third-order valence-electron chi connectivity index (χ3n) is 5.39. The molecule has 24 heavy (non-hydrogen) atoms. The molecule has 2 fully saturated rings. The molecule has 0 N–H and O–H groups in total. The highest BCUT2D eigenvalue weighted by atomic mass is 16.2. The highest BCUT2D eigenvalue weighted by Gasteiger charge is 2.53. The molecule has 1 aliphatic carbocycles. The lowest BCUT2D eigenvalue weighted by Crippen LogP contribution is -2.44. The van der Waals surface area contributed by atoms with E-state index in [1.807, 2.05) is 31.3 Å². The van der Waals surface area contributed by atoms with Crippen LogP contribution >= 0.6 is 0 Å². The Morgan fingerprint density at radius 1 is 1.21 bits per heavy atom. The standard InChI is InChI=1S/C20H23N3O/c1-15-12-21-13-18(22-15)16-6-5-11-23(14-16)19(24)20(9-10-20)17-7-3-2-4-8-17/h2-4,7-8,12-13,16H,5-6,9-11,14H2,1H3. The average molecular weight is 321 g/mol. The summed E-state index contributed by atoms with van der Waals surface area (Å²) in [5.74, 6) is 0.612. The van der Waals surface area contributed by atoms with Crippen LogP contribution in [0.5, 0.6) is 0 Å². The Labute approximate surface area is 142 Å². The molecular formula is C20H23N3O. The summed E-state index contributed by atoms with van der Waals surface area (Å²) in [6.45, 7) is 3.60. The molecule has 2 aromatic rings. The first-order valence-corrected chi connectivity index (χ1v) is 8.82. The Morgan fingerprint density at radius 2 is 2.00 bits per heavy atom. The molecule has 1 atom stereocenters. The summed E-state index contributed by atoms with van der Waals surface area (Å²) in [5, 5.41) is 0. The van der Waals surface area contributed by atoms with Gasteiger partial charge in [-0.1, -0.05) is 30.3 Å². The topological polar surface area (TPSA) is 46.1 Å². The van der Waals surface area contributed by atoms with Crippen LogP contribution in [0, 0.1) is 6.92 Å². The summed E-state index contributed by atoms with van der Waals surface area (Å²) in [6, 6.07) is 10.3. The number of rotatable bonds is 3. The molecule has 0 spiro atoms. The highest BCUT2D eigenvalue weighted by molar-refractivity contribution is 5.91. The van der Waals surface area contributed by atoms with Crippen molar-refractivity contribution in [3.8, 4) is 0 Å². The number of hydrogen-bond acceptors (Lipinski definition) is 3. The molecule has 1 saturated heterocycles. The maximum absolute atomic E-state index is 13.2. The van der Waals surface area contributed by atoms with Crippen LogP contribution in [0.15, 0.2) is 42.7 Å². The third-order valence-corrected chi connectivity index (χ3v) is 5.39. The second-order valence-electron chi connectivity index (χ2n) is 7.12. The number of carbonyl (C=O) groups excluding carboxylic acids is 1. The SMILES string of the molecule is Cc1cncc(C2CCCN(C(=O)C3(c4ccccc4)CC3)C2)n1. The number of benzene rings is 1. The molecule has 0 radical (unpaired) electrons. The number of piperidine rings is 1. The van der Waals surface area contributed by atoms with Gasteiger partial charge in [0.1, 0.15) is 0 Å². The molecule has 1 amide bonds. The number of hydrogen-bond donors (Lipinski definition) is 0. The number of carbonyl (C=O) groups is 1. The number of aryl methyl sites for hydroxylation is 1. The van der Waals surface area contributed by atoms with Crippen molar-refractivity contribution >= 4 is 5.91 Å². The summed E-state index contributed by atoms with van der Waals surface area (Å²) < 4.78 is 0. The van der Waals surface area contributed by atoms with Crippen LogP contribution in [-0.4, -0.2) is 33.9 Å². The molecule has 4 heteroatoms. The minimum atomic E-state index is -0.262. The van der Waals surface area contributed by atoms with Crippen LogP contribution in [0.25, 0.3) is 0 Å². The highest BCUT2D eigenvalue weighted by Crippen LogP contribution is 2.50. The van der Waals surface area contributed by atoms with E-state index in [1.54, 1.807) is 6.20 Å². The molecule has 124 valence electrons. The van der Waals surface area contributed by atoms with Crippen molar-refractivity contribution in [2.24, 2.45) is 0 Å². The van der Waals surface area contributed by atoms with Crippen molar-refractivity contribution in [3.63, 3.8) is 0 Å². The van der Waals surface area contributed by atoms with E-state index in [2.05, 4.69) is 27.0 Å². The van der Waals surface area contributed by atoms with Gasteiger partial charge in [-0.2, -0.15) is 0 Å². The van der Waals surface area contributed by atoms with Crippen LogP contribution in [0.3, 0.4) is 0 Å². The third kappa shape index (κ3) is 2.70. The molecule has 2 aliphatic rings. The molecule has 1 aliphatic heterocycles. The zero-order valence-corrected chi connectivity index (χ0v) is 14.1. The van der Waals surface area contributed by atoms with Gasteiger partial charge in [-0.3, -0.25) is 14.8 Å². The quantitative estimate of drug-likeness (QED) is 0.872. The maximum Gasteiger partial charge on any atom is 0.233 e. The predicted molar refractivity (Wildman–Crippen MR) is 92.7 cm³/mol. The fourth-order valence-electron chi connectivity index (χ4n) is 3.89. The van der Waals surface area contributed by atoms with Gasteiger partial charge in [0.05, 0.1) is 16.8 Å². The Bertz CT molecular complexity index is 740. The zero-order chi connectivity index (χ0) is 16.6. The molecule has 1 aromatic carbocycles. The van der Waals surface area contributed by atoms with Crippen molar-refractivity contribution in [1.82, 2.24) is 14.9 Å². The van der Waals surface area contributed by atoms with E-state index in [0.29, 0.717) is 11.8 Å². The van der Waals surface area contributed by atoms with Crippen molar-refractivity contribution in [3.05, 3.63) is 59.7 Å². The Balaban J connectivity index is 1.53. The van der Waals surface area contributed by atoms with Gasteiger partial charge in [0.15, 0.2) is 0 Å². The average Bonchev–Trinajstić information content (AvgIpc) is 3.44. The first kappa shape index (κ1) is 15.3. The normalized spacial score (nSPS) is 22.2. The van der Waals surface area contributed by atoms with E-state index >= 15 is 0 Å². The van der Waals surface area contributed by atoms with Crippen molar-refractivity contribution in [2.45, 2.75) is 43.9 Å². The van der Waals surface area contributed by atoms with Crippen LogP contribution in [0.1, 0.15) is 48.6 Å². The summed E-state index contributed by atoms with van der Waals surface area (Å²) >= 11 is 0. The second-order valence-corrected chi connectivity index (χ2v) is 7.12. The van der Waals surface area contributed by atoms with E-state index in [9.17, 15) is 4.79 Å². The zero-order valence-electron chi connectivity index (χ0n) is 14.1. The van der Waals surface area contributed by atoms with Gasteiger partial charge in [0.25, 0.3) is 0 Å². The van der Waals surface area contributed by atoms with Crippen LogP contribution in [0.2, 0.25) is 0 Å². The van der Waals surface area contributed by atoms with E-state index in [-0.39, 0.29) is 5.41 Å². The van der Waals surface area contributed by atoms with E-state index in [1.165, 1.54) is 5.56 Å². The molecular weight excluding hydrogens is 298 g/mol. The van der Waals surface area contributed by atoms with E-state index in [0.717, 1.165) is 50.2 Å². The Hall–Kier alpha value is -2.23. The van der Waals surface area contributed by atoms with Crippen molar-refractivity contribution in [2.75, 3.05) is 13.1 Å². The van der Waals surface area contributed by atoms with Gasteiger partial charge < -0.3 is 4.90 Å². The number of nitrogens with zero attached hydrogens (tertiary/aromatic N) is 3. The Kier molecular flexibility index (Phi) is 3.83. The van der Waals surface area contributed by atoms with Gasteiger partial charge in [0.2, 0.25) is 5.91 Å². The van der Waals surface area contributed by atoms with Crippen LogP contribution in [0.4, 0.5) is 0 Å². The smallest absolute Gasteiger partial charge is 0.233 e. The van der Waals surface area contributed by atoms with Gasteiger partial charge >= 0.3 is 0 Å². The lowest BCUT2D eigenvalue weighted by Gasteiger charge is -2.35. The molecule has 4 rings (SSSR count). The molecule has 1 unspecified atom stereocenters.